The molecular weight excluding hydrogens is 240 g/mol. The molecule has 0 radical (unpaired) electrons. The molecular formula is C15H16N2S. The summed E-state index contributed by atoms with van der Waals surface area (Å²) in [6, 6.07) is 8.86. The van der Waals surface area contributed by atoms with Crippen LogP contribution in [0.2, 0.25) is 0 Å². The van der Waals surface area contributed by atoms with Crippen LogP contribution in [0.15, 0.2) is 30.6 Å². The van der Waals surface area contributed by atoms with Crippen molar-refractivity contribution in [3.05, 3.63) is 46.4 Å². The number of aromatic amines is 1. The first-order valence-corrected chi connectivity index (χ1v) is 6.81. The Morgan fingerprint density at radius 2 is 1.94 bits per heavy atom. The predicted octanol–water partition coefficient (Wildman–Crippen LogP) is 4.38. The zero-order valence-electron chi connectivity index (χ0n) is 10.4. The predicted molar refractivity (Wildman–Crippen MR) is 76.2 cm³/mol. The SMILES string of the molecule is Cc1c(-c2ccc(C3CCC3)cc2)[nH]cnc1=S. The molecule has 1 aliphatic rings. The molecule has 0 aliphatic heterocycles. The van der Waals surface area contributed by atoms with Gasteiger partial charge in [-0.25, -0.2) is 4.98 Å². The van der Waals surface area contributed by atoms with Crippen LogP contribution in [0.4, 0.5) is 0 Å². The van der Waals surface area contributed by atoms with Gasteiger partial charge < -0.3 is 4.98 Å². The van der Waals surface area contributed by atoms with E-state index in [9.17, 15) is 0 Å². The molecule has 1 aromatic carbocycles. The lowest BCUT2D eigenvalue weighted by atomic mass is 9.80. The lowest BCUT2D eigenvalue weighted by Gasteiger charge is -2.25. The highest BCUT2D eigenvalue weighted by atomic mass is 32.1. The standard InChI is InChI=1S/C15H16N2S/c1-10-14(16-9-17-15(10)18)13-7-5-12(6-8-13)11-3-2-4-11/h5-9,11H,2-4H2,1H3,(H,16,17,18). The number of rotatable bonds is 2. The molecule has 1 heterocycles. The van der Waals surface area contributed by atoms with Gasteiger partial charge in [-0.15, -0.1) is 0 Å². The summed E-state index contributed by atoms with van der Waals surface area (Å²) in [5, 5.41) is 0. The Kier molecular flexibility index (Phi) is 3.00. The number of benzene rings is 1. The molecule has 0 atom stereocenters. The number of aromatic nitrogens is 2. The molecule has 0 spiro atoms. The third kappa shape index (κ3) is 1.99. The highest BCUT2D eigenvalue weighted by Gasteiger charge is 2.19. The summed E-state index contributed by atoms with van der Waals surface area (Å²) in [4.78, 5) is 7.28. The first-order chi connectivity index (χ1) is 8.75. The molecule has 2 nitrogen and oxygen atoms in total. The van der Waals surface area contributed by atoms with E-state index in [4.69, 9.17) is 12.2 Å². The maximum atomic E-state index is 5.20. The topological polar surface area (TPSA) is 28.7 Å². The Morgan fingerprint density at radius 1 is 1.22 bits per heavy atom. The van der Waals surface area contributed by atoms with Crippen molar-refractivity contribution in [2.45, 2.75) is 32.1 Å². The van der Waals surface area contributed by atoms with Crippen LogP contribution in [0.3, 0.4) is 0 Å². The molecule has 18 heavy (non-hydrogen) atoms. The Bertz CT molecular complexity index is 609. The summed E-state index contributed by atoms with van der Waals surface area (Å²) in [5.41, 5.74) is 4.78. The summed E-state index contributed by atoms with van der Waals surface area (Å²) in [7, 11) is 0. The molecule has 1 aromatic heterocycles. The Hall–Kier alpha value is -1.48. The zero-order chi connectivity index (χ0) is 12.5. The smallest absolute Gasteiger partial charge is 0.132 e. The minimum absolute atomic E-state index is 0.673. The molecule has 2 aromatic rings. The highest BCUT2D eigenvalue weighted by molar-refractivity contribution is 7.71. The van der Waals surface area contributed by atoms with Crippen molar-refractivity contribution >= 4 is 12.2 Å². The van der Waals surface area contributed by atoms with Crippen LogP contribution in [0.25, 0.3) is 11.3 Å². The van der Waals surface area contributed by atoms with E-state index < -0.39 is 0 Å². The lowest BCUT2D eigenvalue weighted by molar-refractivity contribution is 0.420. The Balaban J connectivity index is 1.96. The minimum atomic E-state index is 0.673. The van der Waals surface area contributed by atoms with Crippen LogP contribution in [-0.2, 0) is 0 Å². The average molecular weight is 256 g/mol. The number of nitrogens with zero attached hydrogens (tertiary/aromatic N) is 1. The summed E-state index contributed by atoms with van der Waals surface area (Å²) >= 11 is 5.20. The van der Waals surface area contributed by atoms with Crippen LogP contribution in [-0.4, -0.2) is 9.97 Å². The van der Waals surface area contributed by atoms with Crippen molar-refractivity contribution in [2.24, 2.45) is 0 Å². The van der Waals surface area contributed by atoms with E-state index in [2.05, 4.69) is 34.2 Å². The first kappa shape index (κ1) is 11.6. The summed E-state index contributed by atoms with van der Waals surface area (Å²) in [6.45, 7) is 2.01. The average Bonchev–Trinajstić information content (AvgIpc) is 2.32. The van der Waals surface area contributed by atoms with Crippen molar-refractivity contribution in [1.29, 1.82) is 0 Å². The van der Waals surface area contributed by atoms with Crippen LogP contribution in [0.1, 0.15) is 36.3 Å². The second kappa shape index (κ2) is 4.65. The molecule has 1 saturated carbocycles. The second-order valence-electron chi connectivity index (χ2n) is 4.96. The largest absolute Gasteiger partial charge is 0.346 e. The highest BCUT2D eigenvalue weighted by Crippen LogP contribution is 2.36. The van der Waals surface area contributed by atoms with Gasteiger partial charge in [0.1, 0.15) is 4.64 Å². The third-order valence-electron chi connectivity index (χ3n) is 3.86. The van der Waals surface area contributed by atoms with Gasteiger partial charge >= 0.3 is 0 Å². The molecule has 3 rings (SSSR count). The molecule has 3 heteroatoms. The summed E-state index contributed by atoms with van der Waals surface area (Å²) in [6.07, 6.45) is 5.74. The molecule has 1 aliphatic carbocycles. The summed E-state index contributed by atoms with van der Waals surface area (Å²) in [5.74, 6) is 0.788. The molecule has 0 amide bonds. The fourth-order valence-electron chi connectivity index (χ4n) is 2.43. The van der Waals surface area contributed by atoms with Gasteiger partial charge in [0.05, 0.1) is 12.0 Å². The minimum Gasteiger partial charge on any atom is -0.346 e. The maximum Gasteiger partial charge on any atom is 0.132 e. The van der Waals surface area contributed by atoms with Gasteiger partial charge in [0.15, 0.2) is 0 Å². The molecule has 92 valence electrons. The van der Waals surface area contributed by atoms with Crippen molar-refractivity contribution in [2.75, 3.05) is 0 Å². The van der Waals surface area contributed by atoms with Gasteiger partial charge in [-0.2, -0.15) is 0 Å². The van der Waals surface area contributed by atoms with Crippen molar-refractivity contribution < 1.29 is 0 Å². The number of nitrogens with one attached hydrogen (secondary N) is 1. The normalized spacial score (nSPS) is 15.4. The monoisotopic (exact) mass is 256 g/mol. The summed E-state index contributed by atoms with van der Waals surface area (Å²) < 4.78 is 0.673. The molecule has 1 fully saturated rings. The third-order valence-corrected chi connectivity index (χ3v) is 4.27. The quantitative estimate of drug-likeness (QED) is 0.808. The maximum absolute atomic E-state index is 5.20. The second-order valence-corrected chi connectivity index (χ2v) is 5.34. The van der Waals surface area contributed by atoms with Crippen molar-refractivity contribution in [3.63, 3.8) is 0 Å². The van der Waals surface area contributed by atoms with E-state index in [-0.39, 0.29) is 0 Å². The van der Waals surface area contributed by atoms with Crippen LogP contribution in [0.5, 0.6) is 0 Å². The number of hydrogen-bond donors (Lipinski definition) is 1. The fourth-order valence-corrected chi connectivity index (χ4v) is 2.59. The number of H-pyrrole nitrogens is 1. The van der Waals surface area contributed by atoms with Crippen LogP contribution >= 0.6 is 12.2 Å². The molecule has 1 N–H and O–H groups in total. The zero-order valence-corrected chi connectivity index (χ0v) is 11.3. The van der Waals surface area contributed by atoms with E-state index in [1.807, 2.05) is 6.92 Å². The first-order valence-electron chi connectivity index (χ1n) is 6.40. The van der Waals surface area contributed by atoms with Gasteiger partial charge in [0, 0.05) is 5.56 Å². The lowest BCUT2D eigenvalue weighted by Crippen LogP contribution is -2.08. The fraction of sp³-hybridized carbons (Fsp3) is 0.333. The Morgan fingerprint density at radius 3 is 2.56 bits per heavy atom. The van der Waals surface area contributed by atoms with E-state index in [0.717, 1.165) is 17.2 Å². The van der Waals surface area contributed by atoms with E-state index in [0.29, 0.717) is 4.64 Å². The molecule has 0 bridgehead atoms. The molecule has 0 saturated heterocycles. The van der Waals surface area contributed by atoms with Gasteiger partial charge in [-0.1, -0.05) is 42.9 Å². The van der Waals surface area contributed by atoms with Crippen LogP contribution in [0, 0.1) is 11.6 Å². The van der Waals surface area contributed by atoms with Crippen molar-refractivity contribution in [3.8, 4) is 11.3 Å². The van der Waals surface area contributed by atoms with Gasteiger partial charge in [-0.3, -0.25) is 0 Å². The number of hydrogen-bond acceptors (Lipinski definition) is 2. The van der Waals surface area contributed by atoms with E-state index in [1.165, 1.54) is 30.4 Å². The van der Waals surface area contributed by atoms with Crippen molar-refractivity contribution in [1.82, 2.24) is 9.97 Å². The van der Waals surface area contributed by atoms with Gasteiger partial charge in [0.2, 0.25) is 0 Å². The van der Waals surface area contributed by atoms with Gasteiger partial charge in [-0.05, 0) is 36.8 Å². The van der Waals surface area contributed by atoms with Crippen LogP contribution < -0.4 is 0 Å². The van der Waals surface area contributed by atoms with E-state index >= 15 is 0 Å². The molecule has 0 unspecified atom stereocenters. The Labute approximate surface area is 112 Å². The van der Waals surface area contributed by atoms with Gasteiger partial charge in [0.25, 0.3) is 0 Å². The van der Waals surface area contributed by atoms with E-state index in [1.54, 1.807) is 6.33 Å².